The van der Waals surface area contributed by atoms with Gasteiger partial charge in [-0.1, -0.05) is 35.9 Å². The van der Waals surface area contributed by atoms with Crippen molar-refractivity contribution in [2.75, 3.05) is 19.6 Å². The highest BCUT2D eigenvalue weighted by Crippen LogP contribution is 2.26. The van der Waals surface area contributed by atoms with E-state index >= 15 is 0 Å². The molecule has 0 atom stereocenters. The first-order valence-corrected chi connectivity index (χ1v) is 7.94. The van der Waals surface area contributed by atoms with Gasteiger partial charge in [-0.05, 0) is 25.0 Å². The zero-order valence-corrected chi connectivity index (χ0v) is 12.8. The summed E-state index contributed by atoms with van der Waals surface area (Å²) < 4.78 is 3.02. The lowest BCUT2D eigenvalue weighted by Gasteiger charge is -2.31. The van der Waals surface area contributed by atoms with Crippen molar-refractivity contribution in [3.63, 3.8) is 0 Å². The molecule has 1 aliphatic rings. The Morgan fingerprint density at radius 3 is 2.70 bits per heavy atom. The van der Waals surface area contributed by atoms with Crippen molar-refractivity contribution >= 4 is 38.8 Å². The highest BCUT2D eigenvalue weighted by molar-refractivity contribution is 7.80. The number of thiocarbonyl (C=S) groups is 1. The Morgan fingerprint density at radius 2 is 2.05 bits per heavy atom. The van der Waals surface area contributed by atoms with Crippen LogP contribution in [0.1, 0.15) is 18.9 Å². The summed E-state index contributed by atoms with van der Waals surface area (Å²) in [6.07, 6.45) is 1.96. The van der Waals surface area contributed by atoms with Crippen LogP contribution in [0.5, 0.6) is 0 Å². The molecule has 0 spiro atoms. The van der Waals surface area contributed by atoms with Crippen LogP contribution in [0.25, 0.3) is 10.1 Å². The minimum absolute atomic E-state index is 0.151. The van der Waals surface area contributed by atoms with E-state index < -0.39 is 0 Å². The number of hydrogen-bond donors (Lipinski definition) is 1. The zero-order valence-electron chi connectivity index (χ0n) is 11.1. The van der Waals surface area contributed by atoms with E-state index in [-0.39, 0.29) is 5.56 Å². The molecule has 1 aliphatic heterocycles. The lowest BCUT2D eigenvalue weighted by Crippen LogP contribution is -2.40. The molecule has 1 aromatic heterocycles. The highest BCUT2D eigenvalue weighted by Gasteiger charge is 2.23. The first kappa shape index (κ1) is 13.7. The van der Waals surface area contributed by atoms with Gasteiger partial charge in [-0.2, -0.15) is 0 Å². The molecule has 3 rings (SSSR count). The number of nitrogens with zero attached hydrogens (tertiary/aromatic N) is 2. The number of fused-ring (bicyclic) bond motifs is 1. The maximum absolute atomic E-state index is 12.4. The summed E-state index contributed by atoms with van der Waals surface area (Å²) in [6, 6.07) is 8.13. The number of piperidine rings is 1. The normalized spacial score (nSPS) is 17.6. The molecule has 2 N–H and O–H groups in total. The van der Waals surface area contributed by atoms with Crippen LogP contribution >= 0.6 is 23.8 Å². The smallest absolute Gasteiger partial charge is 0.268 e. The molecule has 1 saturated heterocycles. The minimum atomic E-state index is 0.151. The van der Waals surface area contributed by atoms with Crippen molar-refractivity contribution in [3.8, 4) is 0 Å². The number of benzene rings is 1. The van der Waals surface area contributed by atoms with Gasteiger partial charge in [0.25, 0.3) is 5.56 Å². The molecular formula is C14H17N3OS2. The van der Waals surface area contributed by atoms with Gasteiger partial charge in [-0.15, -0.1) is 0 Å². The van der Waals surface area contributed by atoms with Crippen molar-refractivity contribution in [1.82, 2.24) is 8.86 Å². The lowest BCUT2D eigenvalue weighted by molar-refractivity contribution is 0.212. The molecule has 0 unspecified atom stereocenters. The summed E-state index contributed by atoms with van der Waals surface area (Å²) in [4.78, 5) is 15.2. The fraction of sp³-hybridized carbons (Fsp3) is 0.429. The Bertz CT molecular complexity index is 683. The van der Waals surface area contributed by atoms with Crippen molar-refractivity contribution < 1.29 is 0 Å². The van der Waals surface area contributed by atoms with E-state index in [0.717, 1.165) is 36.0 Å². The van der Waals surface area contributed by atoms with Gasteiger partial charge in [0.15, 0.2) is 0 Å². The third-order valence-electron chi connectivity index (χ3n) is 3.78. The largest absolute Gasteiger partial charge is 0.392 e. The van der Waals surface area contributed by atoms with E-state index in [1.54, 1.807) is 11.5 Å². The van der Waals surface area contributed by atoms with Crippen LogP contribution < -0.4 is 11.3 Å². The molecule has 20 heavy (non-hydrogen) atoms. The lowest BCUT2D eigenvalue weighted by atomic mass is 10.1. The van der Waals surface area contributed by atoms with E-state index in [1.807, 2.05) is 28.2 Å². The third-order valence-corrected chi connectivity index (χ3v) is 5.12. The molecule has 2 heterocycles. The molecule has 6 heteroatoms. The number of aromatic nitrogens is 1. The van der Waals surface area contributed by atoms with Gasteiger partial charge in [0.2, 0.25) is 0 Å². The fourth-order valence-electron chi connectivity index (χ4n) is 2.76. The second-order valence-corrected chi connectivity index (χ2v) is 6.73. The van der Waals surface area contributed by atoms with Crippen LogP contribution in [0.2, 0.25) is 0 Å². The molecule has 0 bridgehead atoms. The quantitative estimate of drug-likeness (QED) is 0.881. The summed E-state index contributed by atoms with van der Waals surface area (Å²) in [6.45, 7) is 2.58. The van der Waals surface area contributed by atoms with Gasteiger partial charge in [0, 0.05) is 19.6 Å². The van der Waals surface area contributed by atoms with Gasteiger partial charge in [0.05, 0.1) is 21.1 Å². The number of nitrogens with two attached hydrogens (primary N) is 1. The maximum Gasteiger partial charge on any atom is 0.268 e. The van der Waals surface area contributed by atoms with Crippen molar-refractivity contribution in [2.24, 2.45) is 5.73 Å². The van der Waals surface area contributed by atoms with E-state index in [9.17, 15) is 4.79 Å². The predicted octanol–water partition coefficient (Wildman–Crippen LogP) is 1.99. The van der Waals surface area contributed by atoms with E-state index in [2.05, 4.69) is 4.90 Å². The molecule has 0 radical (unpaired) electrons. The Balaban J connectivity index is 1.78. The standard InChI is InChI=1S/C14H17N3OS2/c15-13(19)9-16-7-5-10(6-8-16)17-14(18)11-3-1-2-4-12(11)20-17/h1-4,10H,5-9H2,(H2,15,19). The monoisotopic (exact) mass is 307 g/mol. The summed E-state index contributed by atoms with van der Waals surface area (Å²) in [5, 5.41) is 0.836. The average Bonchev–Trinajstić information content (AvgIpc) is 2.77. The Morgan fingerprint density at radius 1 is 1.35 bits per heavy atom. The van der Waals surface area contributed by atoms with Gasteiger partial charge in [-0.25, -0.2) is 0 Å². The van der Waals surface area contributed by atoms with E-state index in [0.29, 0.717) is 17.6 Å². The molecular weight excluding hydrogens is 290 g/mol. The van der Waals surface area contributed by atoms with Gasteiger partial charge in [0.1, 0.15) is 0 Å². The molecule has 1 fully saturated rings. The number of rotatable bonds is 3. The summed E-state index contributed by atoms with van der Waals surface area (Å²) in [5.41, 5.74) is 5.73. The minimum Gasteiger partial charge on any atom is -0.392 e. The maximum atomic E-state index is 12.4. The number of hydrogen-bond acceptors (Lipinski definition) is 4. The topological polar surface area (TPSA) is 51.3 Å². The third kappa shape index (κ3) is 2.63. The van der Waals surface area contributed by atoms with Crippen LogP contribution in [0, 0.1) is 0 Å². The van der Waals surface area contributed by atoms with Crippen LogP contribution in [0.4, 0.5) is 0 Å². The molecule has 106 valence electrons. The van der Waals surface area contributed by atoms with Gasteiger partial charge >= 0.3 is 0 Å². The molecule has 4 nitrogen and oxygen atoms in total. The van der Waals surface area contributed by atoms with Crippen LogP contribution in [0.15, 0.2) is 29.1 Å². The highest BCUT2D eigenvalue weighted by atomic mass is 32.1. The summed E-state index contributed by atoms with van der Waals surface area (Å²) >= 11 is 6.53. The Kier molecular flexibility index (Phi) is 3.87. The SMILES string of the molecule is NC(=S)CN1CCC(n2sc3ccccc3c2=O)CC1. The Labute approximate surface area is 126 Å². The molecule has 1 aromatic carbocycles. The Hall–Kier alpha value is -1.24. The van der Waals surface area contributed by atoms with Crippen LogP contribution in [0.3, 0.4) is 0 Å². The molecule has 0 saturated carbocycles. The van der Waals surface area contributed by atoms with Crippen molar-refractivity contribution in [1.29, 1.82) is 0 Å². The first-order chi connectivity index (χ1) is 9.65. The van der Waals surface area contributed by atoms with Gasteiger partial charge in [-0.3, -0.25) is 13.7 Å². The fourth-order valence-corrected chi connectivity index (χ4v) is 4.09. The average molecular weight is 307 g/mol. The molecule has 0 amide bonds. The number of likely N-dealkylation sites (tertiary alicyclic amines) is 1. The zero-order chi connectivity index (χ0) is 14.1. The predicted molar refractivity (Wildman–Crippen MR) is 87.6 cm³/mol. The second-order valence-electron chi connectivity index (χ2n) is 5.19. The molecule has 0 aliphatic carbocycles. The van der Waals surface area contributed by atoms with Crippen LogP contribution in [-0.4, -0.2) is 33.5 Å². The van der Waals surface area contributed by atoms with E-state index in [4.69, 9.17) is 18.0 Å². The first-order valence-electron chi connectivity index (χ1n) is 6.76. The molecule has 2 aromatic rings. The van der Waals surface area contributed by atoms with Crippen molar-refractivity contribution in [2.45, 2.75) is 18.9 Å². The van der Waals surface area contributed by atoms with Crippen molar-refractivity contribution in [3.05, 3.63) is 34.6 Å². The van der Waals surface area contributed by atoms with E-state index in [1.165, 1.54) is 0 Å². The summed E-state index contributed by atoms with van der Waals surface area (Å²) in [5.74, 6) is 0. The summed E-state index contributed by atoms with van der Waals surface area (Å²) in [7, 11) is 0. The second kappa shape index (κ2) is 5.63. The van der Waals surface area contributed by atoms with Crippen LogP contribution in [-0.2, 0) is 0 Å². The van der Waals surface area contributed by atoms with Gasteiger partial charge < -0.3 is 5.73 Å².